The molecule has 28 heavy (non-hydrogen) atoms. The molecule has 0 unspecified atom stereocenters. The molecule has 0 amide bonds. The van der Waals surface area contributed by atoms with Crippen molar-refractivity contribution in [1.29, 1.82) is 0 Å². The summed E-state index contributed by atoms with van der Waals surface area (Å²) >= 11 is 1.23. The molecule has 0 aliphatic carbocycles. The van der Waals surface area contributed by atoms with Crippen LogP contribution in [0, 0.1) is 0 Å². The van der Waals surface area contributed by atoms with E-state index in [0.717, 1.165) is 5.56 Å². The average molecular weight is 396 g/mol. The third-order valence-electron chi connectivity index (χ3n) is 4.21. The van der Waals surface area contributed by atoms with Crippen molar-refractivity contribution in [2.75, 3.05) is 12.9 Å². The van der Waals surface area contributed by atoms with Gasteiger partial charge in [0, 0.05) is 6.54 Å². The summed E-state index contributed by atoms with van der Waals surface area (Å²) in [4.78, 5) is 40.9. The maximum absolute atomic E-state index is 13.1. The topological polar surface area (TPSA) is 78.3 Å². The molecule has 0 saturated heterocycles. The number of methoxy groups -OCH3 is 1. The van der Waals surface area contributed by atoms with Gasteiger partial charge in [-0.1, -0.05) is 42.1 Å². The first-order chi connectivity index (χ1) is 13.5. The summed E-state index contributed by atoms with van der Waals surface area (Å²) in [5.41, 5.74) is 1.66. The number of benzene rings is 2. The van der Waals surface area contributed by atoms with E-state index in [9.17, 15) is 14.4 Å². The van der Waals surface area contributed by atoms with E-state index in [2.05, 4.69) is 4.98 Å². The molecule has 0 atom stereocenters. The predicted molar refractivity (Wildman–Crippen MR) is 109 cm³/mol. The summed E-state index contributed by atoms with van der Waals surface area (Å²) in [6.07, 6.45) is 0.668. The number of Topliss-reactive ketones (excluding diaryl/α,β-unsaturated/α-hetero) is 1. The Hall–Kier alpha value is -2.93. The molecule has 3 rings (SSSR count). The molecule has 2 aromatic carbocycles. The monoisotopic (exact) mass is 396 g/mol. The van der Waals surface area contributed by atoms with E-state index in [1.54, 1.807) is 22.8 Å². The minimum absolute atomic E-state index is 0.00253. The summed E-state index contributed by atoms with van der Waals surface area (Å²) < 4.78 is 6.33. The molecule has 7 heteroatoms. The number of thioether (sulfide) groups is 1. The fraction of sp³-hybridized carbons (Fsp3) is 0.238. The van der Waals surface area contributed by atoms with Crippen LogP contribution in [0.1, 0.15) is 22.8 Å². The maximum Gasteiger partial charge on any atom is 0.337 e. The van der Waals surface area contributed by atoms with Gasteiger partial charge >= 0.3 is 5.97 Å². The van der Waals surface area contributed by atoms with Crippen molar-refractivity contribution in [3.63, 3.8) is 0 Å². The Balaban J connectivity index is 2.04. The third kappa shape index (κ3) is 4.48. The van der Waals surface area contributed by atoms with Gasteiger partial charge in [0.2, 0.25) is 0 Å². The molecule has 0 N–H and O–H groups in total. The number of carbonyl (C=O) groups excluding carboxylic acids is 2. The van der Waals surface area contributed by atoms with Crippen LogP contribution in [0.4, 0.5) is 0 Å². The van der Waals surface area contributed by atoms with E-state index >= 15 is 0 Å². The third-order valence-corrected chi connectivity index (χ3v) is 5.33. The molecule has 0 aliphatic rings. The maximum atomic E-state index is 13.1. The fourth-order valence-electron chi connectivity index (χ4n) is 2.80. The first-order valence-corrected chi connectivity index (χ1v) is 9.77. The lowest BCUT2D eigenvalue weighted by molar-refractivity contribution is -0.114. The van der Waals surface area contributed by atoms with Crippen LogP contribution in [0.2, 0.25) is 0 Å². The molecule has 6 nitrogen and oxygen atoms in total. The number of carbonyl (C=O) groups is 2. The van der Waals surface area contributed by atoms with Gasteiger partial charge < -0.3 is 4.74 Å². The van der Waals surface area contributed by atoms with Gasteiger partial charge in [0.15, 0.2) is 5.16 Å². The summed E-state index contributed by atoms with van der Waals surface area (Å²) in [7, 11) is 1.30. The Kier molecular flexibility index (Phi) is 6.26. The van der Waals surface area contributed by atoms with Gasteiger partial charge in [-0.25, -0.2) is 9.78 Å². The molecule has 0 spiro atoms. The normalized spacial score (nSPS) is 10.8. The number of hydrogen-bond acceptors (Lipinski definition) is 6. The highest BCUT2D eigenvalue weighted by molar-refractivity contribution is 7.99. The molecule has 144 valence electrons. The number of ether oxygens (including phenoxy) is 1. The molecular formula is C21H20N2O4S. The zero-order valence-electron chi connectivity index (χ0n) is 15.7. The van der Waals surface area contributed by atoms with Crippen LogP contribution >= 0.6 is 11.8 Å². The molecule has 0 saturated carbocycles. The minimum atomic E-state index is -0.491. The van der Waals surface area contributed by atoms with Gasteiger partial charge in [-0.2, -0.15) is 0 Å². The zero-order chi connectivity index (χ0) is 20.1. The average Bonchev–Trinajstić information content (AvgIpc) is 2.71. The van der Waals surface area contributed by atoms with Crippen molar-refractivity contribution >= 4 is 34.4 Å². The van der Waals surface area contributed by atoms with Gasteiger partial charge in [0.25, 0.3) is 5.56 Å². The number of aryl methyl sites for hydroxylation is 1. The predicted octanol–water partition coefficient (Wildman–Crippen LogP) is 3.11. The smallest absolute Gasteiger partial charge is 0.337 e. The van der Waals surface area contributed by atoms with Gasteiger partial charge in [0.1, 0.15) is 5.78 Å². The quantitative estimate of drug-likeness (QED) is 0.347. The molecule has 1 heterocycles. The van der Waals surface area contributed by atoms with E-state index < -0.39 is 5.97 Å². The van der Waals surface area contributed by atoms with Crippen LogP contribution in [-0.2, 0) is 22.5 Å². The highest BCUT2D eigenvalue weighted by atomic mass is 32.2. The van der Waals surface area contributed by atoms with E-state index in [1.807, 2.05) is 30.3 Å². The van der Waals surface area contributed by atoms with Crippen LogP contribution in [0.3, 0.4) is 0 Å². The van der Waals surface area contributed by atoms with E-state index in [-0.39, 0.29) is 17.1 Å². The SMILES string of the molecule is COC(=O)c1ccc2c(=O)n(CCc3ccccc3)c(SCC(C)=O)nc2c1. The van der Waals surface area contributed by atoms with Crippen molar-refractivity contribution in [3.05, 3.63) is 70.0 Å². The molecule has 0 fully saturated rings. The van der Waals surface area contributed by atoms with Gasteiger partial charge in [0.05, 0.1) is 29.3 Å². The molecular weight excluding hydrogens is 376 g/mol. The number of ketones is 1. The Morgan fingerprint density at radius 3 is 2.57 bits per heavy atom. The van der Waals surface area contributed by atoms with Crippen LogP contribution < -0.4 is 5.56 Å². The number of hydrogen-bond donors (Lipinski definition) is 0. The van der Waals surface area contributed by atoms with Crippen molar-refractivity contribution in [2.45, 2.75) is 25.0 Å². The van der Waals surface area contributed by atoms with Crippen molar-refractivity contribution in [3.8, 4) is 0 Å². The van der Waals surface area contributed by atoms with Crippen LogP contribution in [0.25, 0.3) is 10.9 Å². The largest absolute Gasteiger partial charge is 0.465 e. The van der Waals surface area contributed by atoms with E-state index in [4.69, 9.17) is 4.74 Å². The Morgan fingerprint density at radius 2 is 1.89 bits per heavy atom. The summed E-state index contributed by atoms with van der Waals surface area (Å²) in [5.74, 6) is -0.271. The molecule has 0 bridgehead atoms. The number of nitrogens with zero attached hydrogens (tertiary/aromatic N) is 2. The summed E-state index contributed by atoms with van der Waals surface area (Å²) in [6.45, 7) is 1.95. The molecule has 3 aromatic rings. The highest BCUT2D eigenvalue weighted by Crippen LogP contribution is 2.20. The second-order valence-corrected chi connectivity index (χ2v) is 7.24. The van der Waals surface area contributed by atoms with Gasteiger partial charge in [-0.05, 0) is 37.1 Å². The van der Waals surface area contributed by atoms with Crippen LogP contribution in [0.5, 0.6) is 0 Å². The van der Waals surface area contributed by atoms with Crippen molar-refractivity contribution in [1.82, 2.24) is 9.55 Å². The number of fused-ring (bicyclic) bond motifs is 1. The number of aromatic nitrogens is 2. The Morgan fingerprint density at radius 1 is 1.14 bits per heavy atom. The zero-order valence-corrected chi connectivity index (χ0v) is 16.5. The Bertz CT molecular complexity index is 1080. The lowest BCUT2D eigenvalue weighted by atomic mass is 10.1. The number of rotatable bonds is 7. The van der Waals surface area contributed by atoms with Crippen molar-refractivity contribution < 1.29 is 14.3 Å². The first kappa shape index (κ1) is 19.8. The lowest BCUT2D eigenvalue weighted by Crippen LogP contribution is -2.25. The fourth-order valence-corrected chi connectivity index (χ4v) is 3.63. The second-order valence-electron chi connectivity index (χ2n) is 6.30. The molecule has 0 aliphatic heterocycles. The van der Waals surface area contributed by atoms with Crippen LogP contribution in [0.15, 0.2) is 58.5 Å². The van der Waals surface area contributed by atoms with Gasteiger partial charge in [-0.3, -0.25) is 14.2 Å². The summed E-state index contributed by atoms with van der Waals surface area (Å²) in [6, 6.07) is 14.6. The van der Waals surface area contributed by atoms with Crippen LogP contribution in [-0.4, -0.2) is 34.2 Å². The van der Waals surface area contributed by atoms with E-state index in [0.29, 0.717) is 34.6 Å². The molecule has 0 radical (unpaired) electrons. The van der Waals surface area contributed by atoms with E-state index in [1.165, 1.54) is 25.8 Å². The number of esters is 1. The highest BCUT2D eigenvalue weighted by Gasteiger charge is 2.15. The second kappa shape index (κ2) is 8.84. The standard InChI is InChI=1S/C21H20N2O4S/c1-14(24)13-28-21-22-18-12-16(20(26)27-2)8-9-17(18)19(25)23(21)11-10-15-6-4-3-5-7-15/h3-9,12H,10-11,13H2,1-2H3. The lowest BCUT2D eigenvalue weighted by Gasteiger charge is -2.13. The molecule has 1 aromatic heterocycles. The van der Waals surface area contributed by atoms with Crippen molar-refractivity contribution in [2.24, 2.45) is 0 Å². The minimum Gasteiger partial charge on any atom is -0.465 e. The van der Waals surface area contributed by atoms with Gasteiger partial charge in [-0.15, -0.1) is 0 Å². The Labute approximate surface area is 166 Å². The first-order valence-electron chi connectivity index (χ1n) is 8.78. The summed E-state index contributed by atoms with van der Waals surface area (Å²) in [5, 5.41) is 0.888.